The number of hydrogen-bond acceptors (Lipinski definition) is 4. The van der Waals surface area contributed by atoms with Crippen molar-refractivity contribution in [1.29, 1.82) is 0 Å². The molecule has 1 fully saturated rings. The number of carbonyl (C=O) groups excluding carboxylic acids is 1. The molecule has 2 rings (SSSR count). The zero-order chi connectivity index (χ0) is 13.3. The number of hydrogen-bond donors (Lipinski definition) is 2. The van der Waals surface area contributed by atoms with E-state index >= 15 is 0 Å². The number of aromatic nitrogens is 1. The second kappa shape index (κ2) is 6.03. The fourth-order valence-electron chi connectivity index (χ4n) is 2.02. The van der Waals surface area contributed by atoms with Gasteiger partial charge in [-0.25, -0.2) is 4.57 Å². The molecule has 1 aliphatic carbocycles. The fourth-order valence-corrected chi connectivity index (χ4v) is 2.02. The zero-order valence-electron chi connectivity index (χ0n) is 10.5. The molecule has 1 aliphatic rings. The Hall–Kier alpha value is -1.60. The van der Waals surface area contributed by atoms with E-state index in [9.17, 15) is 14.9 Å². The highest BCUT2D eigenvalue weighted by Crippen LogP contribution is 2.32. The summed E-state index contributed by atoms with van der Waals surface area (Å²) in [6.45, 7) is 0.392. The molecule has 1 unspecified atom stereocenters. The van der Waals surface area contributed by atoms with Crippen LogP contribution < -0.4 is 11.1 Å². The molecule has 19 heavy (non-hydrogen) atoms. The molecule has 3 N–H and O–H groups in total. The Kier molecular flexibility index (Phi) is 4.90. The van der Waals surface area contributed by atoms with Gasteiger partial charge < -0.3 is 21.2 Å². The lowest BCUT2D eigenvalue weighted by atomic mass is 10.2. The summed E-state index contributed by atoms with van der Waals surface area (Å²) >= 11 is 0. The summed E-state index contributed by atoms with van der Waals surface area (Å²) in [5.74, 6) is 0.0398. The van der Waals surface area contributed by atoms with Crippen molar-refractivity contribution in [1.82, 2.24) is 9.88 Å². The van der Waals surface area contributed by atoms with Gasteiger partial charge in [0.05, 0.1) is 7.05 Å². The zero-order valence-corrected chi connectivity index (χ0v) is 11.4. The second-order valence-electron chi connectivity index (χ2n) is 4.55. The van der Waals surface area contributed by atoms with E-state index in [-0.39, 0.29) is 35.9 Å². The van der Waals surface area contributed by atoms with Crippen molar-refractivity contribution in [3.63, 3.8) is 0 Å². The Labute approximate surface area is 116 Å². The van der Waals surface area contributed by atoms with Gasteiger partial charge in [0.15, 0.2) is 5.69 Å². The van der Waals surface area contributed by atoms with Crippen LogP contribution in [0.1, 0.15) is 23.3 Å². The summed E-state index contributed by atoms with van der Waals surface area (Å²) in [6, 6.07) is 2.74. The van der Waals surface area contributed by atoms with E-state index < -0.39 is 4.92 Å². The number of nitrogens with one attached hydrogen (secondary N) is 1. The predicted octanol–water partition coefficient (Wildman–Crippen LogP) is 0.822. The van der Waals surface area contributed by atoms with E-state index in [2.05, 4.69) is 5.32 Å². The van der Waals surface area contributed by atoms with Gasteiger partial charge in [0.1, 0.15) is 0 Å². The van der Waals surface area contributed by atoms with Crippen LogP contribution in [0, 0.1) is 16.0 Å². The van der Waals surface area contributed by atoms with Crippen molar-refractivity contribution in [2.24, 2.45) is 18.7 Å². The molecule has 0 aromatic carbocycles. The van der Waals surface area contributed by atoms with E-state index in [0.29, 0.717) is 12.5 Å². The Morgan fingerprint density at radius 3 is 2.68 bits per heavy atom. The molecule has 1 aromatic heterocycles. The monoisotopic (exact) mass is 288 g/mol. The predicted molar refractivity (Wildman–Crippen MR) is 72.3 cm³/mol. The van der Waals surface area contributed by atoms with E-state index in [1.165, 1.54) is 23.7 Å². The molecule has 7 nitrogen and oxygen atoms in total. The number of amides is 1. The third kappa shape index (κ3) is 3.24. The van der Waals surface area contributed by atoms with Crippen LogP contribution in [0.25, 0.3) is 0 Å². The van der Waals surface area contributed by atoms with Crippen molar-refractivity contribution >= 4 is 24.1 Å². The first-order valence-corrected chi connectivity index (χ1v) is 5.85. The van der Waals surface area contributed by atoms with Crippen LogP contribution in [0.2, 0.25) is 0 Å². The first kappa shape index (κ1) is 15.5. The molecule has 0 bridgehead atoms. The van der Waals surface area contributed by atoms with E-state index in [4.69, 9.17) is 5.73 Å². The summed E-state index contributed by atoms with van der Waals surface area (Å²) in [6.07, 6.45) is 2.16. The van der Waals surface area contributed by atoms with Crippen LogP contribution in [0.5, 0.6) is 0 Å². The number of nitrogens with zero attached hydrogens (tertiary/aromatic N) is 2. The number of nitrogens with two attached hydrogens (primary N) is 1. The van der Waals surface area contributed by atoms with Crippen molar-refractivity contribution in [2.75, 3.05) is 6.54 Å². The van der Waals surface area contributed by atoms with Crippen LogP contribution in [-0.4, -0.2) is 28.0 Å². The molecule has 0 radical (unpaired) electrons. The highest BCUT2D eigenvalue weighted by molar-refractivity contribution is 5.93. The Balaban J connectivity index is 0.00000180. The van der Waals surface area contributed by atoms with Crippen molar-refractivity contribution in [3.8, 4) is 0 Å². The Morgan fingerprint density at radius 1 is 1.63 bits per heavy atom. The van der Waals surface area contributed by atoms with Gasteiger partial charge in [0.25, 0.3) is 5.91 Å². The summed E-state index contributed by atoms with van der Waals surface area (Å²) in [7, 11) is 1.50. The van der Waals surface area contributed by atoms with Gasteiger partial charge in [-0.3, -0.25) is 4.79 Å². The van der Waals surface area contributed by atoms with E-state index in [1.807, 2.05) is 0 Å². The van der Waals surface area contributed by atoms with Crippen LogP contribution in [0.15, 0.2) is 12.1 Å². The minimum Gasteiger partial charge on any atom is -0.358 e. The second-order valence-corrected chi connectivity index (χ2v) is 4.55. The lowest BCUT2D eigenvalue weighted by Crippen LogP contribution is -2.42. The smallest absolute Gasteiger partial charge is 0.323 e. The lowest BCUT2D eigenvalue weighted by Gasteiger charge is -2.15. The number of carbonyl (C=O) groups is 1. The molecule has 0 saturated heterocycles. The van der Waals surface area contributed by atoms with Gasteiger partial charge in [0, 0.05) is 18.7 Å². The fraction of sp³-hybridized carbons (Fsp3) is 0.545. The molecule has 1 heterocycles. The first-order chi connectivity index (χ1) is 8.54. The maximum atomic E-state index is 12.0. The van der Waals surface area contributed by atoms with E-state index in [0.717, 1.165) is 12.8 Å². The summed E-state index contributed by atoms with van der Waals surface area (Å²) in [4.78, 5) is 22.2. The van der Waals surface area contributed by atoms with Crippen molar-refractivity contribution < 1.29 is 9.72 Å². The molecule has 1 amide bonds. The molecule has 0 spiro atoms. The lowest BCUT2D eigenvalue weighted by molar-refractivity contribution is -0.391. The van der Waals surface area contributed by atoms with Gasteiger partial charge in [-0.1, -0.05) is 0 Å². The molecule has 1 saturated carbocycles. The first-order valence-electron chi connectivity index (χ1n) is 5.85. The molecule has 8 heteroatoms. The SMILES string of the molecule is Cl.Cn1c(C(=O)NC(CN)C2CC2)ccc1[N+](=O)[O-]. The topological polar surface area (TPSA) is 103 Å². The molecular formula is C11H17ClN4O3. The molecular weight excluding hydrogens is 272 g/mol. The van der Waals surface area contributed by atoms with Gasteiger partial charge in [-0.05, 0) is 29.7 Å². The maximum Gasteiger partial charge on any atom is 0.323 e. The number of halogens is 1. The largest absolute Gasteiger partial charge is 0.358 e. The molecule has 106 valence electrons. The average Bonchev–Trinajstić information content (AvgIpc) is 3.08. The van der Waals surface area contributed by atoms with Crippen LogP contribution in [0.3, 0.4) is 0 Å². The minimum absolute atomic E-state index is 0. The number of rotatable bonds is 5. The summed E-state index contributed by atoms with van der Waals surface area (Å²) in [5.41, 5.74) is 5.88. The molecule has 0 aliphatic heterocycles. The van der Waals surface area contributed by atoms with Gasteiger partial charge in [-0.2, -0.15) is 0 Å². The third-order valence-electron chi connectivity index (χ3n) is 3.28. The van der Waals surface area contributed by atoms with Crippen LogP contribution >= 0.6 is 12.4 Å². The van der Waals surface area contributed by atoms with Crippen molar-refractivity contribution in [3.05, 3.63) is 27.9 Å². The van der Waals surface area contributed by atoms with Gasteiger partial charge in [-0.15, -0.1) is 12.4 Å². The quantitative estimate of drug-likeness (QED) is 0.618. The van der Waals surface area contributed by atoms with Crippen LogP contribution in [-0.2, 0) is 7.05 Å². The van der Waals surface area contributed by atoms with Crippen LogP contribution in [0.4, 0.5) is 5.82 Å². The highest BCUT2D eigenvalue weighted by Gasteiger charge is 2.32. The highest BCUT2D eigenvalue weighted by atomic mass is 35.5. The normalized spacial score (nSPS) is 15.5. The summed E-state index contributed by atoms with van der Waals surface area (Å²) < 4.78 is 1.27. The third-order valence-corrected chi connectivity index (χ3v) is 3.28. The minimum atomic E-state index is -0.516. The Bertz CT molecular complexity index is 484. The standard InChI is InChI=1S/C11H16N4O3.ClH/c1-14-9(4-5-10(14)15(17)18)11(16)13-8(6-12)7-2-3-7;/h4-5,7-8H,2-3,6,12H2,1H3,(H,13,16);1H. The van der Waals surface area contributed by atoms with Gasteiger partial charge >= 0.3 is 5.82 Å². The maximum absolute atomic E-state index is 12.0. The van der Waals surface area contributed by atoms with Crippen molar-refractivity contribution in [2.45, 2.75) is 18.9 Å². The Morgan fingerprint density at radius 2 is 2.26 bits per heavy atom. The summed E-state index contributed by atoms with van der Waals surface area (Å²) in [5, 5.41) is 13.5. The molecule has 1 atom stereocenters. The van der Waals surface area contributed by atoms with Gasteiger partial charge in [0.2, 0.25) is 0 Å². The number of nitro groups is 1. The van der Waals surface area contributed by atoms with E-state index in [1.54, 1.807) is 0 Å². The average molecular weight is 289 g/mol. The molecule has 1 aromatic rings.